The van der Waals surface area contributed by atoms with Gasteiger partial charge in [-0.3, -0.25) is 4.90 Å². The molecule has 1 saturated heterocycles. The summed E-state index contributed by atoms with van der Waals surface area (Å²) in [5.41, 5.74) is -0.324. The maximum Gasteiger partial charge on any atom is 0.410 e. The molecule has 7 heteroatoms. The number of carboxylic acid groups (broad SMARTS) is 1. The molecule has 20 heavy (non-hydrogen) atoms. The highest BCUT2D eigenvalue weighted by atomic mass is 16.6. The van der Waals surface area contributed by atoms with E-state index in [1.165, 1.54) is 4.90 Å². The molecule has 0 radical (unpaired) electrons. The van der Waals surface area contributed by atoms with Crippen molar-refractivity contribution in [3.05, 3.63) is 17.5 Å². The number of ether oxygens (including phenoxy) is 1. The van der Waals surface area contributed by atoms with E-state index in [9.17, 15) is 9.59 Å². The van der Waals surface area contributed by atoms with Gasteiger partial charge in [0.1, 0.15) is 23.1 Å². The van der Waals surface area contributed by atoms with E-state index in [-0.39, 0.29) is 11.3 Å². The summed E-state index contributed by atoms with van der Waals surface area (Å²) in [4.78, 5) is 24.8. The highest BCUT2D eigenvalue weighted by Gasteiger charge is 2.37. The molecule has 1 amide bonds. The van der Waals surface area contributed by atoms with E-state index in [4.69, 9.17) is 14.4 Å². The van der Waals surface area contributed by atoms with Crippen molar-refractivity contribution >= 4 is 12.1 Å². The highest BCUT2D eigenvalue weighted by Crippen LogP contribution is 2.34. The molecule has 0 saturated carbocycles. The molecule has 0 aromatic carbocycles. The van der Waals surface area contributed by atoms with E-state index in [0.29, 0.717) is 13.0 Å². The van der Waals surface area contributed by atoms with Crippen molar-refractivity contribution in [3.8, 4) is 0 Å². The molecule has 1 fully saturated rings. The predicted molar refractivity (Wildman–Crippen MR) is 68.4 cm³/mol. The number of carbonyl (C=O) groups excluding carboxylic acids is 1. The Morgan fingerprint density at radius 3 is 2.80 bits per heavy atom. The number of amides is 1. The summed E-state index contributed by atoms with van der Waals surface area (Å²) in [6, 6.07) is -0.408. The zero-order chi connectivity index (χ0) is 14.9. The predicted octanol–water partition coefficient (Wildman–Crippen LogP) is 2.44. The number of aromatic nitrogens is 1. The van der Waals surface area contributed by atoms with Crippen LogP contribution in [-0.2, 0) is 4.74 Å². The van der Waals surface area contributed by atoms with Gasteiger partial charge in [-0.15, -0.1) is 0 Å². The number of nitrogens with zero attached hydrogens (tertiary/aromatic N) is 2. The maximum absolute atomic E-state index is 12.1. The largest absolute Gasteiger partial charge is 0.478 e. The minimum absolute atomic E-state index is 0.00883. The molecule has 2 rings (SSSR count). The lowest BCUT2D eigenvalue weighted by Crippen LogP contribution is -2.36. The first-order valence-corrected chi connectivity index (χ1v) is 6.47. The van der Waals surface area contributed by atoms with Gasteiger partial charge >= 0.3 is 12.1 Å². The van der Waals surface area contributed by atoms with Gasteiger partial charge in [0.05, 0.1) is 6.04 Å². The standard InChI is InChI=1S/C13H18N2O5/c1-13(2,3)20-12(18)15-6-4-5-9(15)10-8(11(16)17)7-19-14-10/h7,9H,4-6H2,1-3H3,(H,16,17)/t9-/m1/s1. The van der Waals surface area contributed by atoms with Crippen LogP contribution in [0.2, 0.25) is 0 Å². The Morgan fingerprint density at radius 2 is 2.20 bits per heavy atom. The summed E-state index contributed by atoms with van der Waals surface area (Å²) in [5.74, 6) is -1.11. The molecule has 0 spiro atoms. The zero-order valence-corrected chi connectivity index (χ0v) is 11.8. The summed E-state index contributed by atoms with van der Waals surface area (Å²) in [5, 5.41) is 12.8. The molecular formula is C13H18N2O5. The minimum Gasteiger partial charge on any atom is -0.478 e. The number of carboxylic acids is 1. The first-order chi connectivity index (χ1) is 9.29. The average molecular weight is 282 g/mol. The Labute approximate surface area is 116 Å². The van der Waals surface area contributed by atoms with Crippen LogP contribution in [0.5, 0.6) is 0 Å². The van der Waals surface area contributed by atoms with Crippen LogP contribution < -0.4 is 0 Å². The average Bonchev–Trinajstić information content (AvgIpc) is 2.95. The van der Waals surface area contributed by atoms with Crippen molar-refractivity contribution < 1.29 is 24.0 Å². The summed E-state index contributed by atoms with van der Waals surface area (Å²) >= 11 is 0. The lowest BCUT2D eigenvalue weighted by atomic mass is 10.1. The van der Waals surface area contributed by atoms with E-state index >= 15 is 0 Å². The van der Waals surface area contributed by atoms with Crippen molar-refractivity contribution in [3.63, 3.8) is 0 Å². The van der Waals surface area contributed by atoms with E-state index in [0.717, 1.165) is 12.7 Å². The van der Waals surface area contributed by atoms with Gasteiger partial charge in [-0.05, 0) is 33.6 Å². The van der Waals surface area contributed by atoms with Crippen molar-refractivity contribution in [2.24, 2.45) is 0 Å². The van der Waals surface area contributed by atoms with Gasteiger partial charge < -0.3 is 14.4 Å². The zero-order valence-electron chi connectivity index (χ0n) is 11.8. The number of likely N-dealkylation sites (tertiary alicyclic amines) is 1. The van der Waals surface area contributed by atoms with Crippen LogP contribution in [0.15, 0.2) is 10.8 Å². The van der Waals surface area contributed by atoms with Crippen LogP contribution in [-0.4, -0.2) is 39.4 Å². The quantitative estimate of drug-likeness (QED) is 0.895. The molecule has 2 heterocycles. The topological polar surface area (TPSA) is 92.9 Å². The molecule has 7 nitrogen and oxygen atoms in total. The van der Waals surface area contributed by atoms with E-state index in [1.54, 1.807) is 20.8 Å². The summed E-state index contributed by atoms with van der Waals surface area (Å²) in [7, 11) is 0. The van der Waals surface area contributed by atoms with Gasteiger partial charge in [0, 0.05) is 6.54 Å². The molecule has 1 aromatic heterocycles. The van der Waals surface area contributed by atoms with Gasteiger partial charge in [0.25, 0.3) is 0 Å². The number of rotatable bonds is 2. The van der Waals surface area contributed by atoms with Crippen LogP contribution in [0.3, 0.4) is 0 Å². The van der Waals surface area contributed by atoms with E-state index in [2.05, 4.69) is 5.16 Å². The SMILES string of the molecule is CC(C)(C)OC(=O)N1CCC[C@@H]1c1nocc1C(=O)O. The number of carbonyl (C=O) groups is 2. The third kappa shape index (κ3) is 2.92. The molecule has 1 N–H and O–H groups in total. The Hall–Kier alpha value is -2.05. The van der Waals surface area contributed by atoms with Gasteiger partial charge in [-0.2, -0.15) is 0 Å². The number of hydrogen-bond acceptors (Lipinski definition) is 5. The van der Waals surface area contributed by atoms with Crippen molar-refractivity contribution in [1.29, 1.82) is 0 Å². The molecule has 1 aliphatic heterocycles. The number of hydrogen-bond donors (Lipinski definition) is 1. The summed E-state index contributed by atoms with van der Waals surface area (Å²) in [6.07, 6.45) is 2.05. The first kappa shape index (κ1) is 14.4. The van der Waals surface area contributed by atoms with Crippen molar-refractivity contribution in [2.45, 2.75) is 45.3 Å². The molecule has 0 aliphatic carbocycles. The van der Waals surface area contributed by atoms with Crippen LogP contribution in [0.4, 0.5) is 4.79 Å². The van der Waals surface area contributed by atoms with Crippen LogP contribution in [0, 0.1) is 0 Å². The fraction of sp³-hybridized carbons (Fsp3) is 0.615. The summed E-state index contributed by atoms with van der Waals surface area (Å²) in [6.45, 7) is 5.88. The fourth-order valence-corrected chi connectivity index (χ4v) is 2.24. The molecule has 0 bridgehead atoms. The van der Waals surface area contributed by atoms with Gasteiger partial charge in [-0.1, -0.05) is 5.16 Å². The molecule has 1 aromatic rings. The lowest BCUT2D eigenvalue weighted by Gasteiger charge is -2.27. The van der Waals surface area contributed by atoms with Crippen LogP contribution in [0.1, 0.15) is 55.7 Å². The van der Waals surface area contributed by atoms with Crippen molar-refractivity contribution in [1.82, 2.24) is 10.1 Å². The third-order valence-electron chi connectivity index (χ3n) is 3.02. The van der Waals surface area contributed by atoms with Gasteiger partial charge in [0.15, 0.2) is 0 Å². The first-order valence-electron chi connectivity index (χ1n) is 6.47. The fourth-order valence-electron chi connectivity index (χ4n) is 2.24. The maximum atomic E-state index is 12.1. The van der Waals surface area contributed by atoms with Gasteiger partial charge in [0.2, 0.25) is 0 Å². The summed E-state index contributed by atoms with van der Waals surface area (Å²) < 4.78 is 10.1. The van der Waals surface area contributed by atoms with E-state index in [1.807, 2.05) is 0 Å². The minimum atomic E-state index is -1.11. The molecule has 1 atom stereocenters. The van der Waals surface area contributed by atoms with Gasteiger partial charge in [-0.25, -0.2) is 9.59 Å². The monoisotopic (exact) mass is 282 g/mol. The van der Waals surface area contributed by atoms with Crippen LogP contribution in [0.25, 0.3) is 0 Å². The molecule has 0 unspecified atom stereocenters. The normalized spacial score (nSPS) is 19.1. The Morgan fingerprint density at radius 1 is 1.50 bits per heavy atom. The van der Waals surface area contributed by atoms with Crippen LogP contribution >= 0.6 is 0 Å². The second-order valence-electron chi connectivity index (χ2n) is 5.75. The second-order valence-corrected chi connectivity index (χ2v) is 5.75. The Kier molecular flexibility index (Phi) is 3.69. The highest BCUT2D eigenvalue weighted by molar-refractivity contribution is 5.88. The number of aromatic carboxylic acids is 1. The van der Waals surface area contributed by atoms with Crippen molar-refractivity contribution in [2.75, 3.05) is 6.54 Å². The third-order valence-corrected chi connectivity index (χ3v) is 3.02. The second kappa shape index (κ2) is 5.15. The Balaban J connectivity index is 2.21. The van der Waals surface area contributed by atoms with E-state index < -0.39 is 23.7 Å². The molecule has 1 aliphatic rings. The Bertz CT molecular complexity index is 517. The lowest BCUT2D eigenvalue weighted by molar-refractivity contribution is 0.0217. The molecule has 110 valence electrons. The smallest absolute Gasteiger partial charge is 0.410 e. The molecular weight excluding hydrogens is 264 g/mol.